The largest absolute Gasteiger partial charge is 0.481 e. The Morgan fingerprint density at radius 3 is 2.79 bits per heavy atom. The van der Waals surface area contributed by atoms with Crippen LogP contribution in [0.5, 0.6) is 0 Å². The standard InChI is InChI=1S/C15H21N5O4/c1-18(2)12(21)8-20-7-11(16-17-20)13(22)19-6-10-4-3-5-15(10,9-19)14(23)24/h7,10H,3-6,8-9H2,1-2H3,(H,23,24)/t10-,15+/m0/s1. The number of hydrogen-bond acceptors (Lipinski definition) is 5. The Balaban J connectivity index is 1.71. The summed E-state index contributed by atoms with van der Waals surface area (Å²) in [5.74, 6) is -1.29. The van der Waals surface area contributed by atoms with Crippen LogP contribution in [-0.2, 0) is 16.1 Å². The Bertz CT molecular complexity index is 685. The maximum absolute atomic E-state index is 12.6. The first-order valence-electron chi connectivity index (χ1n) is 7.96. The molecule has 24 heavy (non-hydrogen) atoms. The third kappa shape index (κ3) is 2.63. The molecule has 9 heteroatoms. The van der Waals surface area contributed by atoms with Crippen LogP contribution in [0.3, 0.4) is 0 Å². The normalized spacial score (nSPS) is 25.6. The third-order valence-electron chi connectivity index (χ3n) is 5.14. The van der Waals surface area contributed by atoms with Crippen molar-refractivity contribution in [3.63, 3.8) is 0 Å². The highest BCUT2D eigenvalue weighted by Crippen LogP contribution is 2.49. The average molecular weight is 335 g/mol. The van der Waals surface area contributed by atoms with Crippen molar-refractivity contribution in [2.75, 3.05) is 27.2 Å². The predicted octanol–water partition coefficient (Wildman–Crippen LogP) is -0.307. The molecular formula is C15H21N5O4. The number of nitrogens with zero attached hydrogens (tertiary/aromatic N) is 5. The summed E-state index contributed by atoms with van der Waals surface area (Å²) in [6.07, 6.45) is 3.77. The van der Waals surface area contributed by atoms with E-state index in [0.717, 1.165) is 12.8 Å². The molecule has 2 aliphatic rings. The van der Waals surface area contributed by atoms with E-state index in [0.29, 0.717) is 13.0 Å². The van der Waals surface area contributed by atoms with Gasteiger partial charge in [0.15, 0.2) is 5.69 Å². The van der Waals surface area contributed by atoms with Crippen molar-refractivity contribution in [2.24, 2.45) is 11.3 Å². The third-order valence-corrected chi connectivity index (χ3v) is 5.14. The van der Waals surface area contributed by atoms with Crippen LogP contribution in [0.1, 0.15) is 29.8 Å². The Morgan fingerprint density at radius 2 is 2.17 bits per heavy atom. The molecule has 9 nitrogen and oxygen atoms in total. The van der Waals surface area contributed by atoms with E-state index in [1.165, 1.54) is 15.8 Å². The van der Waals surface area contributed by atoms with E-state index in [-0.39, 0.29) is 36.5 Å². The molecular weight excluding hydrogens is 314 g/mol. The second-order valence-electron chi connectivity index (χ2n) is 6.83. The molecule has 1 saturated heterocycles. The minimum atomic E-state index is -0.819. The number of hydrogen-bond donors (Lipinski definition) is 1. The SMILES string of the molecule is CN(C)C(=O)Cn1cc(C(=O)N2C[C@@H]3CCC[C@@]3(C(=O)O)C2)nn1. The Hall–Kier alpha value is -2.45. The van der Waals surface area contributed by atoms with Gasteiger partial charge in [0.05, 0.1) is 11.6 Å². The van der Waals surface area contributed by atoms with Gasteiger partial charge < -0.3 is 14.9 Å². The monoisotopic (exact) mass is 335 g/mol. The highest BCUT2D eigenvalue weighted by atomic mass is 16.4. The number of likely N-dealkylation sites (tertiary alicyclic amines) is 1. The van der Waals surface area contributed by atoms with Crippen molar-refractivity contribution in [1.82, 2.24) is 24.8 Å². The van der Waals surface area contributed by atoms with Crippen molar-refractivity contribution in [3.05, 3.63) is 11.9 Å². The zero-order chi connectivity index (χ0) is 17.5. The molecule has 1 aromatic heterocycles. The highest BCUT2D eigenvalue weighted by Gasteiger charge is 2.56. The summed E-state index contributed by atoms with van der Waals surface area (Å²) in [5, 5.41) is 17.2. The number of carboxylic acid groups (broad SMARTS) is 1. The molecule has 1 aromatic rings. The molecule has 0 bridgehead atoms. The fraction of sp³-hybridized carbons (Fsp3) is 0.667. The minimum Gasteiger partial charge on any atom is -0.481 e. The Morgan fingerprint density at radius 1 is 1.42 bits per heavy atom. The second-order valence-corrected chi connectivity index (χ2v) is 6.83. The van der Waals surface area contributed by atoms with E-state index in [1.54, 1.807) is 19.0 Å². The first-order chi connectivity index (χ1) is 11.3. The summed E-state index contributed by atoms with van der Waals surface area (Å²) < 4.78 is 1.32. The van der Waals surface area contributed by atoms with Gasteiger partial charge in [0.2, 0.25) is 5.91 Å². The smallest absolute Gasteiger partial charge is 0.311 e. The van der Waals surface area contributed by atoms with E-state index in [4.69, 9.17) is 0 Å². The van der Waals surface area contributed by atoms with Gasteiger partial charge in [-0.05, 0) is 18.8 Å². The number of aliphatic carboxylic acids is 1. The minimum absolute atomic E-state index is 0.00399. The van der Waals surface area contributed by atoms with Gasteiger partial charge in [-0.2, -0.15) is 0 Å². The van der Waals surface area contributed by atoms with E-state index in [2.05, 4.69) is 10.3 Å². The molecule has 0 spiro atoms. The number of likely N-dealkylation sites (N-methyl/N-ethyl adjacent to an activating group) is 1. The van der Waals surface area contributed by atoms with Gasteiger partial charge in [-0.1, -0.05) is 11.6 Å². The Labute approximate surface area is 139 Å². The van der Waals surface area contributed by atoms with Crippen LogP contribution >= 0.6 is 0 Å². The molecule has 130 valence electrons. The van der Waals surface area contributed by atoms with Crippen LogP contribution in [-0.4, -0.2) is 74.9 Å². The maximum Gasteiger partial charge on any atom is 0.311 e. The lowest BCUT2D eigenvalue weighted by Crippen LogP contribution is -2.37. The van der Waals surface area contributed by atoms with Crippen LogP contribution in [0.15, 0.2) is 6.20 Å². The quantitative estimate of drug-likeness (QED) is 0.809. The zero-order valence-electron chi connectivity index (χ0n) is 13.8. The van der Waals surface area contributed by atoms with Crippen molar-refractivity contribution >= 4 is 17.8 Å². The van der Waals surface area contributed by atoms with Crippen LogP contribution in [0, 0.1) is 11.3 Å². The summed E-state index contributed by atoms with van der Waals surface area (Å²) >= 11 is 0. The van der Waals surface area contributed by atoms with Gasteiger partial charge >= 0.3 is 5.97 Å². The second kappa shape index (κ2) is 5.88. The number of rotatable bonds is 4. The summed E-state index contributed by atoms with van der Waals surface area (Å²) in [4.78, 5) is 38.9. The molecule has 0 unspecified atom stereocenters. The molecule has 0 radical (unpaired) electrons. The van der Waals surface area contributed by atoms with Crippen LogP contribution in [0.2, 0.25) is 0 Å². The summed E-state index contributed by atoms with van der Waals surface area (Å²) in [6, 6.07) is 0. The molecule has 2 atom stereocenters. The van der Waals surface area contributed by atoms with Gasteiger partial charge in [-0.3, -0.25) is 14.4 Å². The predicted molar refractivity (Wildman–Crippen MR) is 82.0 cm³/mol. The Kier molecular flexibility index (Phi) is 4.02. The summed E-state index contributed by atoms with van der Waals surface area (Å²) in [5.41, 5.74) is -0.672. The summed E-state index contributed by atoms with van der Waals surface area (Å²) in [7, 11) is 3.28. The van der Waals surface area contributed by atoms with Crippen molar-refractivity contribution in [3.8, 4) is 0 Å². The number of aromatic nitrogens is 3. The van der Waals surface area contributed by atoms with E-state index >= 15 is 0 Å². The maximum atomic E-state index is 12.6. The lowest BCUT2D eigenvalue weighted by Gasteiger charge is -2.22. The summed E-state index contributed by atoms with van der Waals surface area (Å²) in [6.45, 7) is 0.666. The number of amides is 2. The molecule has 2 amide bonds. The lowest BCUT2D eigenvalue weighted by molar-refractivity contribution is -0.149. The fourth-order valence-electron chi connectivity index (χ4n) is 3.71. The van der Waals surface area contributed by atoms with Gasteiger partial charge in [0.25, 0.3) is 5.91 Å². The van der Waals surface area contributed by atoms with Gasteiger partial charge in [0.1, 0.15) is 6.54 Å². The zero-order valence-corrected chi connectivity index (χ0v) is 13.8. The number of carboxylic acids is 1. The fourth-order valence-corrected chi connectivity index (χ4v) is 3.71. The molecule has 2 heterocycles. The number of carbonyl (C=O) groups excluding carboxylic acids is 2. The van der Waals surface area contributed by atoms with Crippen LogP contribution in [0.25, 0.3) is 0 Å². The average Bonchev–Trinajstić information content (AvgIpc) is 3.19. The topological polar surface area (TPSA) is 109 Å². The number of fused-ring (bicyclic) bond motifs is 1. The van der Waals surface area contributed by atoms with E-state index in [9.17, 15) is 19.5 Å². The van der Waals surface area contributed by atoms with Crippen molar-refractivity contribution < 1.29 is 19.5 Å². The van der Waals surface area contributed by atoms with Crippen LogP contribution < -0.4 is 0 Å². The van der Waals surface area contributed by atoms with Gasteiger partial charge in [0, 0.05) is 27.2 Å². The van der Waals surface area contributed by atoms with Gasteiger partial charge in [-0.15, -0.1) is 5.10 Å². The van der Waals surface area contributed by atoms with Gasteiger partial charge in [-0.25, -0.2) is 4.68 Å². The molecule has 2 fully saturated rings. The van der Waals surface area contributed by atoms with E-state index < -0.39 is 11.4 Å². The molecule has 1 aliphatic heterocycles. The van der Waals surface area contributed by atoms with Crippen LogP contribution in [0.4, 0.5) is 0 Å². The molecule has 1 saturated carbocycles. The molecule has 0 aromatic carbocycles. The van der Waals surface area contributed by atoms with Crippen molar-refractivity contribution in [1.29, 1.82) is 0 Å². The van der Waals surface area contributed by atoms with E-state index in [1.807, 2.05) is 0 Å². The molecule has 3 rings (SSSR count). The lowest BCUT2D eigenvalue weighted by atomic mass is 9.81. The number of carbonyl (C=O) groups is 3. The first kappa shape index (κ1) is 16.4. The first-order valence-corrected chi connectivity index (χ1v) is 7.96. The highest BCUT2D eigenvalue weighted by molar-refractivity contribution is 5.93. The van der Waals surface area contributed by atoms with Crippen molar-refractivity contribution in [2.45, 2.75) is 25.8 Å². The molecule has 1 aliphatic carbocycles. The molecule has 1 N–H and O–H groups in total.